The van der Waals surface area contributed by atoms with Gasteiger partial charge in [0.25, 0.3) is 11.5 Å². The second kappa shape index (κ2) is 7.76. The highest BCUT2D eigenvalue weighted by Crippen LogP contribution is 2.23. The molecule has 2 atom stereocenters. The van der Waals surface area contributed by atoms with Crippen LogP contribution in [0.5, 0.6) is 0 Å². The Morgan fingerprint density at radius 3 is 2.56 bits per heavy atom. The Hall–Kier alpha value is -2.25. The van der Waals surface area contributed by atoms with Crippen LogP contribution in [0.25, 0.3) is 5.69 Å². The Kier molecular flexibility index (Phi) is 5.92. The van der Waals surface area contributed by atoms with Gasteiger partial charge in [-0.1, -0.05) is 0 Å². The summed E-state index contributed by atoms with van der Waals surface area (Å²) in [5, 5.41) is 4.16. The van der Waals surface area contributed by atoms with E-state index in [2.05, 4.69) is 5.10 Å². The van der Waals surface area contributed by atoms with E-state index in [0.29, 0.717) is 18.8 Å². The zero-order chi connectivity index (χ0) is 17.3. The number of nitrogens with zero attached hydrogens (tertiary/aromatic N) is 3. The molecule has 8 heteroatoms. The normalized spacial score (nSPS) is 19.6. The average molecular weight is 367 g/mol. The van der Waals surface area contributed by atoms with Crippen molar-refractivity contribution in [2.75, 3.05) is 13.1 Å². The molecule has 0 saturated carbocycles. The predicted molar refractivity (Wildman–Crippen MR) is 94.7 cm³/mol. The van der Waals surface area contributed by atoms with Crippen LogP contribution in [0, 0.1) is 11.7 Å². The Morgan fingerprint density at radius 2 is 1.96 bits per heavy atom. The molecule has 1 aromatic carbocycles. The van der Waals surface area contributed by atoms with Gasteiger partial charge < -0.3 is 10.6 Å². The smallest absolute Gasteiger partial charge is 0.274 e. The van der Waals surface area contributed by atoms with Crippen LogP contribution in [-0.2, 0) is 0 Å². The maximum atomic E-state index is 13.0. The molecule has 1 aliphatic heterocycles. The zero-order valence-corrected chi connectivity index (χ0v) is 14.6. The number of carbonyl (C=O) groups excluding carboxylic acids is 1. The summed E-state index contributed by atoms with van der Waals surface area (Å²) in [7, 11) is 0. The minimum Gasteiger partial charge on any atom is -0.334 e. The van der Waals surface area contributed by atoms with Crippen LogP contribution in [0.2, 0.25) is 0 Å². The Morgan fingerprint density at radius 1 is 1.28 bits per heavy atom. The Bertz CT molecular complexity index is 809. The van der Waals surface area contributed by atoms with Crippen molar-refractivity contribution >= 4 is 18.3 Å². The van der Waals surface area contributed by atoms with E-state index in [1.165, 1.54) is 36.4 Å². The molecule has 3 rings (SSSR count). The van der Waals surface area contributed by atoms with Gasteiger partial charge in [0.1, 0.15) is 11.5 Å². The van der Waals surface area contributed by atoms with Crippen LogP contribution < -0.4 is 11.3 Å². The number of benzene rings is 1. The fraction of sp³-hybridized carbons (Fsp3) is 0.353. The molecule has 134 valence electrons. The van der Waals surface area contributed by atoms with Crippen molar-refractivity contribution in [1.82, 2.24) is 14.7 Å². The SMILES string of the molecule is CC1CC(CN)CN1C(=O)c1ccc(=O)n(-c2ccc(F)cc2)n1.Cl. The lowest BCUT2D eigenvalue weighted by Gasteiger charge is -2.21. The van der Waals surface area contributed by atoms with E-state index in [0.717, 1.165) is 11.1 Å². The number of carbonyl (C=O) groups is 1. The maximum Gasteiger partial charge on any atom is 0.274 e. The molecule has 1 aromatic heterocycles. The number of amides is 1. The van der Waals surface area contributed by atoms with Gasteiger partial charge in [-0.05, 0) is 56.1 Å². The second-order valence-corrected chi connectivity index (χ2v) is 6.09. The molecular formula is C17H20ClFN4O2. The van der Waals surface area contributed by atoms with Crippen molar-refractivity contribution in [2.45, 2.75) is 19.4 Å². The molecule has 2 heterocycles. The summed E-state index contributed by atoms with van der Waals surface area (Å²) in [6.45, 7) is 3.11. The average Bonchev–Trinajstić information content (AvgIpc) is 2.96. The van der Waals surface area contributed by atoms with E-state index >= 15 is 0 Å². The first-order chi connectivity index (χ1) is 11.5. The Balaban J connectivity index is 0.00000225. The maximum absolute atomic E-state index is 13.0. The summed E-state index contributed by atoms with van der Waals surface area (Å²) in [4.78, 5) is 26.5. The minimum absolute atomic E-state index is 0. The number of hydrogen-bond donors (Lipinski definition) is 1. The summed E-state index contributed by atoms with van der Waals surface area (Å²) in [6, 6.07) is 8.18. The zero-order valence-electron chi connectivity index (χ0n) is 13.8. The monoisotopic (exact) mass is 366 g/mol. The molecule has 1 saturated heterocycles. The summed E-state index contributed by atoms with van der Waals surface area (Å²) in [6.07, 6.45) is 0.861. The molecule has 6 nitrogen and oxygen atoms in total. The van der Waals surface area contributed by atoms with Crippen LogP contribution in [-0.4, -0.2) is 39.7 Å². The first-order valence-electron chi connectivity index (χ1n) is 7.87. The number of halogens is 2. The van der Waals surface area contributed by atoms with Crippen molar-refractivity contribution in [1.29, 1.82) is 0 Å². The fourth-order valence-corrected chi connectivity index (χ4v) is 3.04. The van der Waals surface area contributed by atoms with E-state index in [4.69, 9.17) is 5.73 Å². The summed E-state index contributed by atoms with van der Waals surface area (Å²) in [5.41, 5.74) is 5.91. The molecular weight excluding hydrogens is 347 g/mol. The number of aromatic nitrogens is 2. The van der Waals surface area contributed by atoms with Gasteiger partial charge in [-0.2, -0.15) is 9.78 Å². The van der Waals surface area contributed by atoms with Gasteiger partial charge in [0, 0.05) is 18.7 Å². The molecule has 0 spiro atoms. The molecule has 25 heavy (non-hydrogen) atoms. The van der Waals surface area contributed by atoms with E-state index in [1.807, 2.05) is 6.92 Å². The third-order valence-corrected chi connectivity index (χ3v) is 4.35. The van der Waals surface area contributed by atoms with Crippen molar-refractivity contribution in [3.8, 4) is 5.69 Å². The molecule has 0 bridgehead atoms. The molecule has 1 amide bonds. The van der Waals surface area contributed by atoms with Crippen LogP contribution in [0.1, 0.15) is 23.8 Å². The summed E-state index contributed by atoms with van der Waals surface area (Å²) in [5.74, 6) is -0.348. The van der Waals surface area contributed by atoms with Crippen molar-refractivity contribution in [3.05, 3.63) is 58.3 Å². The lowest BCUT2D eigenvalue weighted by atomic mass is 10.1. The van der Waals surface area contributed by atoms with Gasteiger partial charge in [0.2, 0.25) is 0 Å². The van der Waals surface area contributed by atoms with Gasteiger partial charge >= 0.3 is 0 Å². The molecule has 2 aromatic rings. The lowest BCUT2D eigenvalue weighted by Crippen LogP contribution is -2.36. The van der Waals surface area contributed by atoms with Gasteiger partial charge in [-0.3, -0.25) is 9.59 Å². The van der Waals surface area contributed by atoms with E-state index in [1.54, 1.807) is 4.90 Å². The molecule has 1 aliphatic rings. The minimum atomic E-state index is -0.405. The molecule has 0 aliphatic carbocycles. The van der Waals surface area contributed by atoms with Crippen LogP contribution >= 0.6 is 12.4 Å². The van der Waals surface area contributed by atoms with E-state index in [-0.39, 0.29) is 41.5 Å². The number of rotatable bonds is 3. The van der Waals surface area contributed by atoms with Crippen molar-refractivity contribution in [2.24, 2.45) is 11.7 Å². The molecule has 2 N–H and O–H groups in total. The third kappa shape index (κ3) is 3.88. The van der Waals surface area contributed by atoms with Crippen molar-refractivity contribution < 1.29 is 9.18 Å². The second-order valence-electron chi connectivity index (χ2n) is 6.09. The van der Waals surface area contributed by atoms with Crippen molar-refractivity contribution in [3.63, 3.8) is 0 Å². The first-order valence-corrected chi connectivity index (χ1v) is 7.87. The largest absolute Gasteiger partial charge is 0.334 e. The number of hydrogen-bond acceptors (Lipinski definition) is 4. The molecule has 0 radical (unpaired) electrons. The van der Waals surface area contributed by atoms with Gasteiger partial charge in [-0.15, -0.1) is 12.4 Å². The highest BCUT2D eigenvalue weighted by Gasteiger charge is 2.32. The summed E-state index contributed by atoms with van der Waals surface area (Å²) >= 11 is 0. The molecule has 1 fully saturated rings. The predicted octanol–water partition coefficient (Wildman–Crippen LogP) is 1.60. The number of nitrogens with two attached hydrogens (primary N) is 1. The van der Waals surface area contributed by atoms with Crippen LogP contribution in [0.4, 0.5) is 4.39 Å². The van der Waals surface area contributed by atoms with Crippen LogP contribution in [0.3, 0.4) is 0 Å². The van der Waals surface area contributed by atoms with E-state index in [9.17, 15) is 14.0 Å². The van der Waals surface area contributed by atoms with Gasteiger partial charge in [-0.25, -0.2) is 4.39 Å². The lowest BCUT2D eigenvalue weighted by molar-refractivity contribution is 0.0735. The third-order valence-electron chi connectivity index (χ3n) is 4.35. The first kappa shape index (κ1) is 19.1. The molecule has 2 unspecified atom stereocenters. The topological polar surface area (TPSA) is 81.2 Å². The summed E-state index contributed by atoms with van der Waals surface area (Å²) < 4.78 is 14.2. The van der Waals surface area contributed by atoms with Gasteiger partial charge in [0.05, 0.1) is 5.69 Å². The van der Waals surface area contributed by atoms with Crippen LogP contribution in [0.15, 0.2) is 41.2 Å². The fourth-order valence-electron chi connectivity index (χ4n) is 3.04. The van der Waals surface area contributed by atoms with Gasteiger partial charge in [0.15, 0.2) is 0 Å². The highest BCUT2D eigenvalue weighted by atomic mass is 35.5. The standard InChI is InChI=1S/C17H19FN4O2.ClH/c1-11-8-12(9-19)10-21(11)17(24)15-6-7-16(23)22(20-15)14-4-2-13(18)3-5-14;/h2-7,11-12H,8-10,19H2,1H3;1H. The number of likely N-dealkylation sites (tertiary alicyclic amines) is 1. The Labute approximate surface area is 150 Å². The van der Waals surface area contributed by atoms with E-state index < -0.39 is 5.82 Å². The highest BCUT2D eigenvalue weighted by molar-refractivity contribution is 5.92. The quantitative estimate of drug-likeness (QED) is 0.894.